The monoisotopic (exact) mass is 361 g/mol. The SMILES string of the molecule is C=CCO[C@H]1CN(C(=O)c2cn3cc(Cl)ccc3n2)[C@@H]2CCCO[C@H]12. The number of imidazole rings is 1. The van der Waals surface area contributed by atoms with Crippen molar-refractivity contribution >= 4 is 23.2 Å². The van der Waals surface area contributed by atoms with E-state index >= 15 is 0 Å². The van der Waals surface area contributed by atoms with E-state index in [9.17, 15) is 4.79 Å². The third-order valence-electron chi connectivity index (χ3n) is 4.80. The van der Waals surface area contributed by atoms with E-state index in [0.29, 0.717) is 36.1 Å². The van der Waals surface area contributed by atoms with Gasteiger partial charge in [-0.15, -0.1) is 6.58 Å². The predicted octanol–water partition coefficient (Wildman–Crippen LogP) is 2.56. The molecule has 0 radical (unpaired) electrons. The van der Waals surface area contributed by atoms with Crippen molar-refractivity contribution in [3.05, 3.63) is 47.9 Å². The Balaban J connectivity index is 1.60. The molecule has 0 spiro atoms. The van der Waals surface area contributed by atoms with Crippen molar-refractivity contribution in [2.45, 2.75) is 31.1 Å². The number of carbonyl (C=O) groups excluding carboxylic acids is 1. The molecule has 4 rings (SSSR count). The molecular weight excluding hydrogens is 342 g/mol. The van der Waals surface area contributed by atoms with E-state index in [-0.39, 0.29) is 24.2 Å². The fourth-order valence-corrected chi connectivity index (χ4v) is 3.86. The number of ether oxygens (including phenoxy) is 2. The first-order valence-corrected chi connectivity index (χ1v) is 8.84. The van der Waals surface area contributed by atoms with E-state index < -0.39 is 0 Å². The molecule has 0 aliphatic carbocycles. The van der Waals surface area contributed by atoms with Crippen molar-refractivity contribution in [3.63, 3.8) is 0 Å². The standard InChI is InChI=1S/C18H20ClN3O3/c1-2-7-24-15-11-22(14-4-3-8-25-17(14)15)18(23)13-10-21-9-12(19)5-6-16(21)20-13/h2,5-6,9-10,14-15,17H,1,3-4,7-8,11H2/t14-,15+,17+/m1/s1. The van der Waals surface area contributed by atoms with Gasteiger partial charge >= 0.3 is 0 Å². The van der Waals surface area contributed by atoms with Gasteiger partial charge < -0.3 is 18.8 Å². The summed E-state index contributed by atoms with van der Waals surface area (Å²) in [6.45, 7) is 5.36. The number of pyridine rings is 1. The number of halogens is 1. The van der Waals surface area contributed by atoms with Gasteiger partial charge in [-0.2, -0.15) is 0 Å². The number of hydrogen-bond donors (Lipinski definition) is 0. The highest BCUT2D eigenvalue weighted by Crippen LogP contribution is 2.31. The van der Waals surface area contributed by atoms with Gasteiger partial charge in [0.15, 0.2) is 0 Å². The number of aromatic nitrogens is 2. The average molecular weight is 362 g/mol. The van der Waals surface area contributed by atoms with Crippen LogP contribution in [-0.4, -0.2) is 58.2 Å². The maximum Gasteiger partial charge on any atom is 0.274 e. The summed E-state index contributed by atoms with van der Waals surface area (Å²) in [5, 5.41) is 0.601. The van der Waals surface area contributed by atoms with Gasteiger partial charge in [0.1, 0.15) is 23.5 Å². The Morgan fingerprint density at radius 2 is 2.36 bits per heavy atom. The second-order valence-electron chi connectivity index (χ2n) is 6.40. The summed E-state index contributed by atoms with van der Waals surface area (Å²) in [5.74, 6) is -0.0926. The van der Waals surface area contributed by atoms with E-state index in [1.54, 1.807) is 35.0 Å². The summed E-state index contributed by atoms with van der Waals surface area (Å²) < 4.78 is 13.5. The molecule has 0 aromatic carbocycles. The minimum Gasteiger partial charge on any atom is -0.373 e. The molecule has 2 aliphatic heterocycles. The molecule has 0 N–H and O–H groups in total. The third-order valence-corrected chi connectivity index (χ3v) is 5.02. The molecule has 25 heavy (non-hydrogen) atoms. The number of hydrogen-bond acceptors (Lipinski definition) is 4. The number of nitrogens with zero attached hydrogens (tertiary/aromatic N) is 3. The van der Waals surface area contributed by atoms with Gasteiger partial charge in [-0.25, -0.2) is 4.98 Å². The number of carbonyl (C=O) groups is 1. The lowest BCUT2D eigenvalue weighted by Gasteiger charge is -2.31. The highest BCUT2D eigenvalue weighted by molar-refractivity contribution is 6.30. The predicted molar refractivity (Wildman–Crippen MR) is 93.9 cm³/mol. The van der Waals surface area contributed by atoms with Gasteiger partial charge in [-0.05, 0) is 25.0 Å². The molecule has 3 atom stereocenters. The zero-order chi connectivity index (χ0) is 17.4. The lowest BCUT2D eigenvalue weighted by molar-refractivity contribution is -0.0708. The Morgan fingerprint density at radius 1 is 1.48 bits per heavy atom. The molecule has 2 aliphatic rings. The van der Waals surface area contributed by atoms with Gasteiger partial charge in [0.2, 0.25) is 0 Å². The van der Waals surface area contributed by atoms with Crippen LogP contribution in [0.1, 0.15) is 23.3 Å². The lowest BCUT2D eigenvalue weighted by Crippen LogP contribution is -2.44. The lowest BCUT2D eigenvalue weighted by atomic mass is 10.0. The zero-order valence-electron chi connectivity index (χ0n) is 13.8. The summed E-state index contributed by atoms with van der Waals surface area (Å²) in [6, 6.07) is 3.59. The van der Waals surface area contributed by atoms with Gasteiger partial charge in [-0.1, -0.05) is 17.7 Å². The normalized spacial score (nSPS) is 26.0. The minimum absolute atomic E-state index is 0.0319. The van der Waals surface area contributed by atoms with Crippen LogP contribution in [0.5, 0.6) is 0 Å². The largest absolute Gasteiger partial charge is 0.373 e. The molecule has 4 heterocycles. The molecule has 2 aromatic rings. The molecule has 0 unspecified atom stereocenters. The molecule has 1 amide bonds. The molecule has 2 saturated heterocycles. The van der Waals surface area contributed by atoms with Gasteiger partial charge in [0.25, 0.3) is 5.91 Å². The second kappa shape index (κ2) is 6.78. The highest BCUT2D eigenvalue weighted by atomic mass is 35.5. The quantitative estimate of drug-likeness (QED) is 0.785. The second-order valence-corrected chi connectivity index (χ2v) is 6.84. The van der Waals surface area contributed by atoms with Crippen LogP contribution in [0.15, 0.2) is 37.2 Å². The number of amides is 1. The van der Waals surface area contributed by atoms with Gasteiger partial charge in [0, 0.05) is 19.0 Å². The molecule has 0 bridgehead atoms. The first kappa shape index (κ1) is 16.6. The highest BCUT2D eigenvalue weighted by Gasteiger charge is 2.47. The van der Waals surface area contributed by atoms with Crippen molar-refractivity contribution in [2.24, 2.45) is 0 Å². The summed E-state index contributed by atoms with van der Waals surface area (Å²) in [4.78, 5) is 19.3. The molecule has 2 fully saturated rings. The van der Waals surface area contributed by atoms with Crippen LogP contribution < -0.4 is 0 Å². The molecule has 6 nitrogen and oxygen atoms in total. The van der Waals surface area contributed by atoms with Crippen LogP contribution in [0.4, 0.5) is 0 Å². The number of likely N-dealkylation sites (tertiary alicyclic amines) is 1. The van der Waals surface area contributed by atoms with Crippen molar-refractivity contribution in [2.75, 3.05) is 19.8 Å². The fourth-order valence-electron chi connectivity index (χ4n) is 3.70. The maximum atomic E-state index is 13.1. The van der Waals surface area contributed by atoms with Gasteiger partial charge in [0.05, 0.1) is 24.2 Å². The first-order valence-electron chi connectivity index (χ1n) is 8.46. The Kier molecular flexibility index (Phi) is 4.50. The van der Waals surface area contributed by atoms with Crippen molar-refractivity contribution in [1.29, 1.82) is 0 Å². The molecular formula is C18H20ClN3O3. The molecule has 0 saturated carbocycles. The van der Waals surface area contributed by atoms with E-state index in [2.05, 4.69) is 11.6 Å². The van der Waals surface area contributed by atoms with Crippen molar-refractivity contribution in [1.82, 2.24) is 14.3 Å². The maximum absolute atomic E-state index is 13.1. The van der Waals surface area contributed by atoms with Crippen LogP contribution in [0.25, 0.3) is 5.65 Å². The van der Waals surface area contributed by atoms with Crippen LogP contribution in [0.3, 0.4) is 0 Å². The summed E-state index contributed by atoms with van der Waals surface area (Å²) >= 11 is 6.01. The molecule has 7 heteroatoms. The average Bonchev–Trinajstić information content (AvgIpc) is 3.20. The fraction of sp³-hybridized carbons (Fsp3) is 0.444. The zero-order valence-corrected chi connectivity index (χ0v) is 14.6. The van der Waals surface area contributed by atoms with Crippen LogP contribution in [-0.2, 0) is 9.47 Å². The van der Waals surface area contributed by atoms with E-state index in [4.69, 9.17) is 21.1 Å². The Hall–Kier alpha value is -1.89. The first-order chi connectivity index (χ1) is 12.2. The Labute approximate surface area is 151 Å². The molecule has 132 valence electrons. The van der Waals surface area contributed by atoms with Crippen LogP contribution >= 0.6 is 11.6 Å². The van der Waals surface area contributed by atoms with E-state index in [1.807, 2.05) is 4.90 Å². The minimum atomic E-state index is -0.126. The summed E-state index contributed by atoms with van der Waals surface area (Å²) in [5.41, 5.74) is 1.11. The topological polar surface area (TPSA) is 56.1 Å². The number of rotatable bonds is 4. The third kappa shape index (κ3) is 3.05. The Bertz CT molecular complexity index is 806. The Morgan fingerprint density at radius 3 is 3.20 bits per heavy atom. The van der Waals surface area contributed by atoms with Gasteiger partial charge in [-0.3, -0.25) is 4.79 Å². The van der Waals surface area contributed by atoms with Crippen LogP contribution in [0.2, 0.25) is 5.02 Å². The summed E-state index contributed by atoms with van der Waals surface area (Å²) in [7, 11) is 0. The smallest absolute Gasteiger partial charge is 0.274 e. The van der Waals surface area contributed by atoms with Crippen molar-refractivity contribution < 1.29 is 14.3 Å². The summed E-state index contributed by atoms with van der Waals surface area (Å²) in [6.07, 6.45) is 6.84. The van der Waals surface area contributed by atoms with Crippen LogP contribution in [0, 0.1) is 0 Å². The number of fused-ring (bicyclic) bond motifs is 2. The van der Waals surface area contributed by atoms with Crippen molar-refractivity contribution in [3.8, 4) is 0 Å². The van der Waals surface area contributed by atoms with E-state index in [1.165, 1.54) is 0 Å². The van der Waals surface area contributed by atoms with E-state index in [0.717, 1.165) is 12.8 Å². The molecule has 2 aromatic heterocycles.